The Labute approximate surface area is 178 Å². The number of pyridine rings is 1. The van der Waals surface area contributed by atoms with Crippen LogP contribution < -0.4 is 9.47 Å². The van der Waals surface area contributed by atoms with Crippen LogP contribution in [0.3, 0.4) is 0 Å². The van der Waals surface area contributed by atoms with Gasteiger partial charge in [-0.3, -0.25) is 0 Å². The maximum Gasteiger partial charge on any atom is 0.154 e. The Hall–Kier alpha value is -3.35. The van der Waals surface area contributed by atoms with E-state index in [1.807, 2.05) is 0 Å². The summed E-state index contributed by atoms with van der Waals surface area (Å²) in [6.07, 6.45) is 3.03. The van der Waals surface area contributed by atoms with Crippen LogP contribution in [0.1, 0.15) is 11.1 Å². The van der Waals surface area contributed by atoms with Crippen LogP contribution in [0.2, 0.25) is 0 Å². The molecular weight excluding hydrogens is 413 g/mol. The van der Waals surface area contributed by atoms with Gasteiger partial charge in [0.1, 0.15) is 23.0 Å². The summed E-state index contributed by atoms with van der Waals surface area (Å²) in [7, 11) is 3.06. The minimum atomic E-state index is 0. The van der Waals surface area contributed by atoms with Gasteiger partial charge in [-0.25, -0.2) is 15.0 Å². The maximum atomic E-state index is 9.98. The molecule has 0 amide bonds. The zero-order valence-corrected chi connectivity index (χ0v) is 17.0. The SMILES string of the molecule is COc1ccc(C=Nc2cccc(N=Cc3ccc(OC)cc3O)n2)c(O)c1.[Mn]. The van der Waals surface area contributed by atoms with E-state index in [1.54, 1.807) is 42.5 Å². The smallest absolute Gasteiger partial charge is 0.154 e. The quantitative estimate of drug-likeness (QED) is 0.453. The number of aromatic hydroxyl groups is 2. The van der Waals surface area contributed by atoms with Crippen LogP contribution in [-0.4, -0.2) is 41.8 Å². The van der Waals surface area contributed by atoms with Crippen molar-refractivity contribution < 1.29 is 36.8 Å². The normalized spacial score (nSPS) is 10.8. The number of hydrogen-bond acceptors (Lipinski definition) is 7. The van der Waals surface area contributed by atoms with Gasteiger partial charge in [0.05, 0.1) is 14.2 Å². The number of rotatable bonds is 6. The van der Waals surface area contributed by atoms with Gasteiger partial charge in [-0.05, 0) is 36.4 Å². The molecule has 7 nitrogen and oxygen atoms in total. The first-order chi connectivity index (χ1) is 13.6. The summed E-state index contributed by atoms with van der Waals surface area (Å²) in [5.74, 6) is 2.11. The number of benzene rings is 2. The number of aromatic nitrogens is 1. The Balaban J connectivity index is 0.00000300. The molecule has 0 atom stereocenters. The Kier molecular flexibility index (Phi) is 7.77. The van der Waals surface area contributed by atoms with Crippen LogP contribution in [0.4, 0.5) is 11.6 Å². The van der Waals surface area contributed by atoms with Crippen LogP contribution in [0, 0.1) is 0 Å². The van der Waals surface area contributed by atoms with Gasteiger partial charge in [0.25, 0.3) is 0 Å². The van der Waals surface area contributed by atoms with Crippen molar-refractivity contribution >= 4 is 24.1 Å². The molecule has 0 bridgehead atoms. The van der Waals surface area contributed by atoms with E-state index in [0.717, 1.165) is 0 Å². The predicted molar refractivity (Wildman–Crippen MR) is 108 cm³/mol. The van der Waals surface area contributed by atoms with Gasteiger partial charge < -0.3 is 19.7 Å². The molecule has 0 fully saturated rings. The van der Waals surface area contributed by atoms with Crippen LogP contribution in [-0.2, 0) is 17.1 Å². The molecule has 0 aliphatic carbocycles. The number of ether oxygens (including phenoxy) is 2. The molecule has 3 rings (SSSR count). The summed E-state index contributed by atoms with van der Waals surface area (Å²) >= 11 is 0. The number of nitrogens with zero attached hydrogens (tertiary/aromatic N) is 3. The first-order valence-electron chi connectivity index (χ1n) is 8.38. The third-order valence-corrected chi connectivity index (χ3v) is 3.87. The molecule has 149 valence electrons. The van der Waals surface area contributed by atoms with Crippen LogP contribution >= 0.6 is 0 Å². The summed E-state index contributed by atoms with van der Waals surface area (Å²) in [6, 6.07) is 15.1. The monoisotopic (exact) mass is 432 g/mol. The van der Waals surface area contributed by atoms with Crippen molar-refractivity contribution in [1.29, 1.82) is 0 Å². The standard InChI is InChI=1S/C21H19N3O4.Mn/c1-27-16-8-6-14(18(25)10-16)12-22-20-4-3-5-21(24-20)23-13-15-7-9-17(28-2)11-19(15)26;/h3-13,25-26H,1-2H3;. The van der Waals surface area contributed by atoms with Gasteiger partial charge in [-0.15, -0.1) is 0 Å². The summed E-state index contributed by atoms with van der Waals surface area (Å²) in [5.41, 5.74) is 1.08. The van der Waals surface area contributed by atoms with Crippen molar-refractivity contribution in [1.82, 2.24) is 4.98 Å². The van der Waals surface area contributed by atoms with Crippen molar-refractivity contribution in [2.24, 2.45) is 9.98 Å². The minimum absolute atomic E-state index is 0. The topological polar surface area (TPSA) is 96.5 Å². The largest absolute Gasteiger partial charge is 0.507 e. The molecule has 8 heteroatoms. The van der Waals surface area contributed by atoms with Gasteiger partial charge in [0.15, 0.2) is 11.6 Å². The van der Waals surface area contributed by atoms with Crippen LogP contribution in [0.25, 0.3) is 0 Å². The molecule has 0 saturated carbocycles. The molecule has 2 N–H and O–H groups in total. The van der Waals surface area contributed by atoms with Crippen LogP contribution in [0.5, 0.6) is 23.0 Å². The van der Waals surface area contributed by atoms with E-state index in [4.69, 9.17) is 9.47 Å². The van der Waals surface area contributed by atoms with Gasteiger partial charge in [0.2, 0.25) is 0 Å². The van der Waals surface area contributed by atoms with E-state index in [2.05, 4.69) is 15.0 Å². The number of methoxy groups -OCH3 is 2. The molecule has 0 unspecified atom stereocenters. The molecule has 2 aromatic carbocycles. The fraction of sp³-hybridized carbons (Fsp3) is 0.0952. The van der Waals surface area contributed by atoms with E-state index in [-0.39, 0.29) is 28.6 Å². The fourth-order valence-electron chi connectivity index (χ4n) is 2.35. The molecule has 1 radical (unpaired) electrons. The molecular formula is C21H19MnN3O4. The Morgan fingerprint density at radius 2 is 1.21 bits per heavy atom. The van der Waals surface area contributed by atoms with Gasteiger partial charge in [-0.1, -0.05) is 6.07 Å². The van der Waals surface area contributed by atoms with Gasteiger partial charge in [-0.2, -0.15) is 0 Å². The molecule has 1 heterocycles. The van der Waals surface area contributed by atoms with E-state index in [1.165, 1.54) is 38.8 Å². The van der Waals surface area contributed by atoms with Crippen LogP contribution in [0.15, 0.2) is 64.6 Å². The fourth-order valence-corrected chi connectivity index (χ4v) is 2.35. The molecule has 0 aliphatic rings. The average Bonchev–Trinajstić information content (AvgIpc) is 2.72. The third kappa shape index (κ3) is 5.81. The van der Waals surface area contributed by atoms with E-state index in [9.17, 15) is 10.2 Å². The molecule has 0 spiro atoms. The van der Waals surface area contributed by atoms with Gasteiger partial charge in [0, 0.05) is 52.8 Å². The van der Waals surface area contributed by atoms with Crippen molar-refractivity contribution in [2.75, 3.05) is 14.2 Å². The maximum absolute atomic E-state index is 9.98. The zero-order valence-electron chi connectivity index (χ0n) is 15.8. The van der Waals surface area contributed by atoms with Crippen molar-refractivity contribution in [3.8, 4) is 23.0 Å². The summed E-state index contributed by atoms with van der Waals surface area (Å²) in [4.78, 5) is 12.9. The van der Waals surface area contributed by atoms with E-state index >= 15 is 0 Å². The van der Waals surface area contributed by atoms with Crippen molar-refractivity contribution in [3.05, 3.63) is 65.7 Å². The molecule has 0 saturated heterocycles. The first-order valence-corrected chi connectivity index (χ1v) is 8.38. The summed E-state index contributed by atoms with van der Waals surface area (Å²) in [6.45, 7) is 0. The second-order valence-electron chi connectivity index (χ2n) is 5.72. The van der Waals surface area contributed by atoms with Crippen molar-refractivity contribution in [2.45, 2.75) is 0 Å². The summed E-state index contributed by atoms with van der Waals surface area (Å²) < 4.78 is 10.1. The first kappa shape index (κ1) is 21.9. The van der Waals surface area contributed by atoms with E-state index in [0.29, 0.717) is 34.3 Å². The predicted octanol–water partition coefficient (Wildman–Crippen LogP) is 4.01. The molecule has 1 aromatic heterocycles. The second kappa shape index (κ2) is 10.3. The Morgan fingerprint density at radius 3 is 1.59 bits per heavy atom. The van der Waals surface area contributed by atoms with Gasteiger partial charge >= 0.3 is 0 Å². The molecule has 29 heavy (non-hydrogen) atoms. The Morgan fingerprint density at radius 1 is 0.759 bits per heavy atom. The Bertz CT molecular complexity index is 959. The second-order valence-corrected chi connectivity index (χ2v) is 5.72. The molecule has 0 aliphatic heterocycles. The van der Waals surface area contributed by atoms with Crippen molar-refractivity contribution in [3.63, 3.8) is 0 Å². The number of hydrogen-bond donors (Lipinski definition) is 2. The minimum Gasteiger partial charge on any atom is -0.507 e. The van der Waals surface area contributed by atoms with E-state index < -0.39 is 0 Å². The number of phenolic OH excluding ortho intramolecular Hbond substituents is 2. The zero-order chi connectivity index (χ0) is 19.9. The third-order valence-electron chi connectivity index (χ3n) is 3.87. The number of aliphatic imine (C=N–C) groups is 2. The average molecular weight is 432 g/mol. The molecule has 3 aromatic rings. The summed E-state index contributed by atoms with van der Waals surface area (Å²) in [5, 5.41) is 20.0. The number of phenols is 2.